The molecule has 0 aliphatic carbocycles. The molecule has 14 heteroatoms. The van der Waals surface area contributed by atoms with E-state index in [1.54, 1.807) is 6.07 Å². The molecular formula is C28H23F6N5O3. The Balaban J connectivity index is 1.73. The lowest BCUT2D eigenvalue weighted by Gasteiger charge is -2.22. The highest BCUT2D eigenvalue weighted by Gasteiger charge is 2.38. The maximum atomic E-state index is 14.2. The van der Waals surface area contributed by atoms with Crippen molar-refractivity contribution in [1.29, 1.82) is 0 Å². The van der Waals surface area contributed by atoms with Crippen LogP contribution in [0.5, 0.6) is 0 Å². The van der Waals surface area contributed by atoms with Crippen molar-refractivity contribution in [2.45, 2.75) is 38.2 Å². The fourth-order valence-electron chi connectivity index (χ4n) is 4.43. The first-order valence-corrected chi connectivity index (χ1v) is 12.3. The zero-order chi connectivity index (χ0) is 30.8. The van der Waals surface area contributed by atoms with Gasteiger partial charge in [0.05, 0.1) is 23.4 Å². The summed E-state index contributed by atoms with van der Waals surface area (Å²) in [5, 5.41) is 15.8. The molecule has 2 heterocycles. The van der Waals surface area contributed by atoms with E-state index in [-0.39, 0.29) is 23.2 Å². The molecule has 4 aromatic rings. The highest BCUT2D eigenvalue weighted by molar-refractivity contribution is 5.94. The van der Waals surface area contributed by atoms with Gasteiger partial charge in [0.15, 0.2) is 5.69 Å². The summed E-state index contributed by atoms with van der Waals surface area (Å²) in [5.41, 5.74) is 3.80. The summed E-state index contributed by atoms with van der Waals surface area (Å²) < 4.78 is 83.0. The van der Waals surface area contributed by atoms with Crippen LogP contribution >= 0.6 is 0 Å². The second-order valence-electron chi connectivity index (χ2n) is 9.40. The number of halogens is 6. The predicted octanol–water partition coefficient (Wildman–Crippen LogP) is 4.63. The standard InChI is InChI=1S/C28H23F6N5O3/c1-14(40)21-12-39(38-26(21)28(32,33)34)13-24(41)37-23(9-15-7-17(29)11-18(30)8-15)25-19(3-2-6-36-25)16-4-5-22(31)20(10-16)27(35)42/h2-8,10-12,14,23,40H,9,13H2,1H3,(H2,35,42)(H,37,41)/t14?,23-/m0/s1. The highest BCUT2D eigenvalue weighted by Crippen LogP contribution is 2.34. The van der Waals surface area contributed by atoms with Crippen molar-refractivity contribution in [2.24, 2.45) is 5.73 Å². The molecule has 0 fully saturated rings. The number of carbonyl (C=O) groups excluding carboxylic acids is 2. The number of hydrogen-bond donors (Lipinski definition) is 3. The van der Waals surface area contributed by atoms with Gasteiger partial charge < -0.3 is 16.2 Å². The first kappa shape index (κ1) is 30.2. The van der Waals surface area contributed by atoms with Crippen LogP contribution in [0.2, 0.25) is 0 Å². The molecule has 220 valence electrons. The van der Waals surface area contributed by atoms with Crippen molar-refractivity contribution >= 4 is 11.8 Å². The van der Waals surface area contributed by atoms with Gasteiger partial charge in [0.25, 0.3) is 5.91 Å². The molecule has 2 aromatic carbocycles. The van der Waals surface area contributed by atoms with Gasteiger partial charge in [-0.25, -0.2) is 13.2 Å². The number of nitrogens with two attached hydrogens (primary N) is 1. The van der Waals surface area contributed by atoms with E-state index in [0.29, 0.717) is 16.3 Å². The second-order valence-corrected chi connectivity index (χ2v) is 9.40. The number of hydrogen-bond acceptors (Lipinski definition) is 5. The zero-order valence-electron chi connectivity index (χ0n) is 21.8. The number of rotatable bonds is 9. The molecule has 1 unspecified atom stereocenters. The van der Waals surface area contributed by atoms with E-state index >= 15 is 0 Å². The van der Waals surface area contributed by atoms with Crippen LogP contribution in [0.25, 0.3) is 11.1 Å². The zero-order valence-corrected chi connectivity index (χ0v) is 21.8. The van der Waals surface area contributed by atoms with Crippen LogP contribution in [0.3, 0.4) is 0 Å². The first-order valence-electron chi connectivity index (χ1n) is 12.3. The van der Waals surface area contributed by atoms with Crippen molar-refractivity contribution in [3.8, 4) is 11.1 Å². The van der Waals surface area contributed by atoms with Crippen molar-refractivity contribution in [1.82, 2.24) is 20.1 Å². The van der Waals surface area contributed by atoms with E-state index < -0.39 is 71.0 Å². The molecule has 0 saturated heterocycles. The van der Waals surface area contributed by atoms with Gasteiger partial charge in [-0.05, 0) is 54.8 Å². The highest BCUT2D eigenvalue weighted by atomic mass is 19.4. The smallest absolute Gasteiger partial charge is 0.389 e. The summed E-state index contributed by atoms with van der Waals surface area (Å²) in [7, 11) is 0. The number of aromatic nitrogens is 3. The molecule has 0 radical (unpaired) electrons. The SMILES string of the molecule is CC(O)c1cn(CC(=O)N[C@@H](Cc2cc(F)cc(F)c2)c2ncccc2-c2ccc(F)c(C(N)=O)c2)nc1C(F)(F)F. The minimum Gasteiger partial charge on any atom is -0.389 e. The molecular weight excluding hydrogens is 568 g/mol. The fourth-order valence-corrected chi connectivity index (χ4v) is 4.43. The van der Waals surface area contributed by atoms with Gasteiger partial charge in [-0.3, -0.25) is 19.3 Å². The van der Waals surface area contributed by atoms with Gasteiger partial charge in [0.2, 0.25) is 5.91 Å². The molecule has 2 aromatic heterocycles. The van der Waals surface area contributed by atoms with E-state index in [9.17, 15) is 41.0 Å². The minimum atomic E-state index is -4.89. The molecule has 4 rings (SSSR count). The van der Waals surface area contributed by atoms with Crippen molar-refractivity contribution in [3.63, 3.8) is 0 Å². The molecule has 42 heavy (non-hydrogen) atoms. The molecule has 8 nitrogen and oxygen atoms in total. The summed E-state index contributed by atoms with van der Waals surface area (Å²) in [6.07, 6.45) is -4.38. The summed E-state index contributed by atoms with van der Waals surface area (Å²) in [5.74, 6) is -4.52. The summed E-state index contributed by atoms with van der Waals surface area (Å²) in [4.78, 5) is 29.1. The minimum absolute atomic E-state index is 0.112. The van der Waals surface area contributed by atoms with E-state index in [4.69, 9.17) is 5.73 Å². The Hall–Kier alpha value is -4.72. The van der Waals surface area contributed by atoms with Crippen LogP contribution in [0.4, 0.5) is 26.3 Å². The Labute approximate surface area is 234 Å². The van der Waals surface area contributed by atoms with Crippen molar-refractivity contribution in [2.75, 3.05) is 0 Å². The Morgan fingerprint density at radius 2 is 1.76 bits per heavy atom. The third-order valence-electron chi connectivity index (χ3n) is 6.22. The van der Waals surface area contributed by atoms with Crippen molar-refractivity contribution < 1.29 is 41.0 Å². The summed E-state index contributed by atoms with van der Waals surface area (Å²) >= 11 is 0. The monoisotopic (exact) mass is 591 g/mol. The lowest BCUT2D eigenvalue weighted by Crippen LogP contribution is -2.34. The fraction of sp³-hybridized carbons (Fsp3) is 0.214. The van der Waals surface area contributed by atoms with E-state index in [1.807, 2.05) is 0 Å². The summed E-state index contributed by atoms with van der Waals surface area (Å²) in [6, 6.07) is 8.20. The van der Waals surface area contributed by atoms with Gasteiger partial charge in [-0.15, -0.1) is 0 Å². The van der Waals surface area contributed by atoms with Crippen LogP contribution in [0.1, 0.15) is 51.9 Å². The quantitative estimate of drug-likeness (QED) is 0.245. The maximum Gasteiger partial charge on any atom is 0.435 e. The van der Waals surface area contributed by atoms with Crippen LogP contribution in [-0.4, -0.2) is 31.7 Å². The number of carbonyl (C=O) groups is 2. The molecule has 2 atom stereocenters. The van der Waals surface area contributed by atoms with Crippen LogP contribution in [0.15, 0.2) is 60.9 Å². The number of nitrogens with zero attached hydrogens (tertiary/aromatic N) is 3. The number of benzene rings is 2. The maximum absolute atomic E-state index is 14.2. The van der Waals surface area contributed by atoms with Gasteiger partial charge >= 0.3 is 6.18 Å². The van der Waals surface area contributed by atoms with Crippen molar-refractivity contribution in [3.05, 3.63) is 106 Å². The van der Waals surface area contributed by atoms with Crippen LogP contribution in [0, 0.1) is 17.5 Å². The van der Waals surface area contributed by atoms with E-state index in [2.05, 4.69) is 15.4 Å². The number of aliphatic hydroxyl groups is 1. The van der Waals surface area contributed by atoms with Gasteiger partial charge in [0.1, 0.15) is 24.0 Å². The molecule has 4 N–H and O–H groups in total. The molecule has 0 spiro atoms. The average Bonchev–Trinajstić information content (AvgIpc) is 3.33. The number of pyridine rings is 1. The van der Waals surface area contributed by atoms with E-state index in [1.165, 1.54) is 24.4 Å². The van der Waals surface area contributed by atoms with Gasteiger partial charge in [-0.2, -0.15) is 18.3 Å². The lowest BCUT2D eigenvalue weighted by molar-refractivity contribution is -0.143. The molecule has 0 saturated carbocycles. The molecule has 0 aliphatic rings. The van der Waals surface area contributed by atoms with Gasteiger partial charge in [0, 0.05) is 29.6 Å². The number of alkyl halides is 3. The Bertz CT molecular complexity index is 1620. The van der Waals surface area contributed by atoms with Gasteiger partial charge in [-0.1, -0.05) is 12.1 Å². The lowest BCUT2D eigenvalue weighted by atomic mass is 9.94. The average molecular weight is 592 g/mol. The number of primary amides is 1. The van der Waals surface area contributed by atoms with E-state index in [0.717, 1.165) is 31.3 Å². The second kappa shape index (κ2) is 12.0. The molecule has 0 aliphatic heterocycles. The largest absolute Gasteiger partial charge is 0.435 e. The number of nitrogens with one attached hydrogen (secondary N) is 1. The van der Waals surface area contributed by atoms with Crippen LogP contribution in [-0.2, 0) is 23.9 Å². The number of aliphatic hydroxyl groups excluding tert-OH is 1. The first-order chi connectivity index (χ1) is 19.7. The number of amides is 2. The predicted molar refractivity (Wildman–Crippen MR) is 137 cm³/mol. The molecule has 0 bridgehead atoms. The Morgan fingerprint density at radius 3 is 2.36 bits per heavy atom. The molecule has 2 amide bonds. The normalized spacial score (nSPS) is 13.0. The topological polar surface area (TPSA) is 123 Å². The summed E-state index contributed by atoms with van der Waals surface area (Å²) in [6.45, 7) is 0.404. The third kappa shape index (κ3) is 6.94. The third-order valence-corrected chi connectivity index (χ3v) is 6.22. The Morgan fingerprint density at radius 1 is 1.07 bits per heavy atom. The Kier molecular flexibility index (Phi) is 8.66. The van der Waals surface area contributed by atoms with Crippen LogP contribution < -0.4 is 11.1 Å².